The maximum atomic E-state index is 11.9. The summed E-state index contributed by atoms with van der Waals surface area (Å²) in [7, 11) is 0. The fraction of sp³-hybridized carbons (Fsp3) is 1.00. The zero-order valence-electron chi connectivity index (χ0n) is 24.3. The number of aliphatic hydroxyl groups excluding tert-OH is 2. The molecule has 4 rings (SSSR count). The van der Waals surface area contributed by atoms with Gasteiger partial charge in [-0.3, -0.25) is 0 Å². The van der Waals surface area contributed by atoms with Crippen molar-refractivity contribution in [3.63, 3.8) is 0 Å². The molecular formula is C32H60NO2+. The molecule has 0 aliphatic heterocycles. The van der Waals surface area contributed by atoms with Gasteiger partial charge in [0.25, 0.3) is 0 Å². The molecule has 4 saturated carbocycles. The molecule has 3 heteroatoms. The number of quaternary nitrogens is 1. The highest BCUT2D eigenvalue weighted by molar-refractivity contribution is 5.12. The van der Waals surface area contributed by atoms with E-state index in [1.165, 1.54) is 88.4 Å². The Morgan fingerprint density at radius 2 is 1.46 bits per heavy atom. The van der Waals surface area contributed by atoms with Crippen molar-refractivity contribution in [1.82, 2.24) is 0 Å². The van der Waals surface area contributed by atoms with Crippen molar-refractivity contribution < 1.29 is 14.7 Å². The van der Waals surface area contributed by atoms with E-state index in [1.807, 2.05) is 0 Å². The molecule has 0 unspecified atom stereocenters. The maximum absolute atomic E-state index is 11.9. The van der Waals surface area contributed by atoms with Crippen LogP contribution in [0.2, 0.25) is 0 Å². The van der Waals surface area contributed by atoms with Crippen molar-refractivity contribution in [3.05, 3.63) is 0 Å². The molecule has 0 saturated heterocycles. The highest BCUT2D eigenvalue weighted by atomic mass is 16.3. The Morgan fingerprint density at radius 1 is 0.800 bits per heavy atom. The van der Waals surface area contributed by atoms with Gasteiger partial charge in [0.05, 0.1) is 38.4 Å². The summed E-state index contributed by atoms with van der Waals surface area (Å²) in [6, 6.07) is 0. The maximum Gasteiger partial charge on any atom is 0.0789 e. The Morgan fingerprint density at radius 3 is 2.09 bits per heavy atom. The topological polar surface area (TPSA) is 40.5 Å². The van der Waals surface area contributed by atoms with Crippen molar-refractivity contribution in [1.29, 1.82) is 0 Å². The van der Waals surface area contributed by atoms with Gasteiger partial charge in [-0.2, -0.15) is 0 Å². The van der Waals surface area contributed by atoms with Crippen molar-refractivity contribution in [3.8, 4) is 0 Å². The second-order valence-electron chi connectivity index (χ2n) is 14.4. The molecule has 2 N–H and O–H groups in total. The molecule has 35 heavy (non-hydrogen) atoms. The Bertz CT molecular complexity index is 678. The van der Waals surface area contributed by atoms with Gasteiger partial charge in [-0.1, -0.05) is 41.5 Å². The van der Waals surface area contributed by atoms with Crippen molar-refractivity contribution >= 4 is 0 Å². The third kappa shape index (κ3) is 4.89. The average molecular weight is 491 g/mol. The first-order chi connectivity index (χ1) is 16.6. The second-order valence-corrected chi connectivity index (χ2v) is 14.4. The van der Waals surface area contributed by atoms with Crippen LogP contribution in [0.1, 0.15) is 119 Å². The Labute approximate surface area is 218 Å². The molecule has 4 fully saturated rings. The number of aliphatic hydroxyl groups is 2. The van der Waals surface area contributed by atoms with E-state index in [-0.39, 0.29) is 17.6 Å². The normalized spacial score (nSPS) is 44.4. The predicted molar refractivity (Wildman–Crippen MR) is 147 cm³/mol. The first kappa shape index (κ1) is 27.9. The van der Waals surface area contributed by atoms with Crippen LogP contribution in [0.25, 0.3) is 0 Å². The Kier molecular flexibility index (Phi) is 8.72. The number of fused-ring (bicyclic) bond motifs is 5. The van der Waals surface area contributed by atoms with Crippen LogP contribution in [0.3, 0.4) is 0 Å². The summed E-state index contributed by atoms with van der Waals surface area (Å²) in [6.45, 7) is 20.0. The summed E-state index contributed by atoms with van der Waals surface area (Å²) < 4.78 is 1.32. The lowest BCUT2D eigenvalue weighted by molar-refractivity contribution is -0.928. The van der Waals surface area contributed by atoms with Gasteiger partial charge < -0.3 is 14.7 Å². The highest BCUT2D eigenvalue weighted by Crippen LogP contribution is 2.68. The number of hydrogen-bond acceptors (Lipinski definition) is 2. The molecule has 0 bridgehead atoms. The molecule has 4 aliphatic carbocycles. The summed E-state index contributed by atoms with van der Waals surface area (Å²) >= 11 is 0. The number of hydrogen-bond donors (Lipinski definition) is 2. The van der Waals surface area contributed by atoms with Crippen LogP contribution < -0.4 is 0 Å². The molecule has 0 amide bonds. The number of rotatable bonds is 10. The van der Waals surface area contributed by atoms with Gasteiger partial charge in [-0.15, -0.1) is 0 Å². The summed E-state index contributed by atoms with van der Waals surface area (Å²) in [5.41, 5.74) is 0.444. The molecule has 4 aliphatic rings. The zero-order chi connectivity index (χ0) is 25.4. The lowest BCUT2D eigenvalue weighted by Crippen LogP contribution is -2.59. The zero-order valence-corrected chi connectivity index (χ0v) is 24.3. The van der Waals surface area contributed by atoms with Crippen molar-refractivity contribution in [2.45, 2.75) is 131 Å². The van der Waals surface area contributed by atoms with Crippen LogP contribution in [-0.2, 0) is 0 Å². The number of nitrogens with zero attached hydrogens (tertiary/aromatic N) is 1. The smallest absolute Gasteiger partial charge is 0.0789 e. The predicted octanol–water partition coefficient (Wildman–Crippen LogP) is 7.05. The molecule has 0 aromatic carbocycles. The molecular weight excluding hydrogens is 430 g/mol. The monoisotopic (exact) mass is 490 g/mol. The van der Waals surface area contributed by atoms with Gasteiger partial charge >= 0.3 is 0 Å². The van der Waals surface area contributed by atoms with Gasteiger partial charge in [0.1, 0.15) is 0 Å². The minimum atomic E-state index is -0.146. The van der Waals surface area contributed by atoms with E-state index in [1.54, 1.807) is 0 Å². The first-order valence-corrected chi connectivity index (χ1v) is 15.9. The van der Waals surface area contributed by atoms with E-state index in [4.69, 9.17) is 0 Å². The van der Waals surface area contributed by atoms with E-state index in [0.29, 0.717) is 35.0 Å². The minimum absolute atomic E-state index is 0.0845. The van der Waals surface area contributed by atoms with Crippen LogP contribution in [-0.4, -0.2) is 53.1 Å². The highest BCUT2D eigenvalue weighted by Gasteiger charge is 2.63. The minimum Gasteiger partial charge on any atom is -0.393 e. The van der Waals surface area contributed by atoms with Gasteiger partial charge in [0, 0.05) is 0 Å². The molecule has 204 valence electrons. The fourth-order valence-corrected chi connectivity index (χ4v) is 10.9. The fourth-order valence-electron chi connectivity index (χ4n) is 10.9. The summed E-state index contributed by atoms with van der Waals surface area (Å²) in [5.74, 6) is 4.22. The molecule has 10 atom stereocenters. The quantitative estimate of drug-likeness (QED) is 0.322. The van der Waals surface area contributed by atoms with Gasteiger partial charge in [-0.25, -0.2) is 0 Å². The molecule has 0 heterocycles. The van der Waals surface area contributed by atoms with Crippen LogP contribution in [0.4, 0.5) is 0 Å². The van der Waals surface area contributed by atoms with Crippen LogP contribution >= 0.6 is 0 Å². The lowest BCUT2D eigenvalue weighted by Gasteiger charge is -2.62. The average Bonchev–Trinajstić information content (AvgIpc) is 3.18. The van der Waals surface area contributed by atoms with Gasteiger partial charge in [-0.05, 0) is 123 Å². The van der Waals surface area contributed by atoms with E-state index < -0.39 is 0 Å². The van der Waals surface area contributed by atoms with Crippen LogP contribution in [0, 0.1) is 46.3 Å². The summed E-state index contributed by atoms with van der Waals surface area (Å²) in [6.07, 6.45) is 14.4. The molecule has 0 spiro atoms. The van der Waals surface area contributed by atoms with Gasteiger partial charge in [0.15, 0.2) is 0 Å². The molecule has 0 aromatic rings. The van der Waals surface area contributed by atoms with E-state index in [2.05, 4.69) is 41.5 Å². The summed E-state index contributed by atoms with van der Waals surface area (Å²) in [4.78, 5) is 0. The van der Waals surface area contributed by atoms with E-state index >= 15 is 0 Å². The largest absolute Gasteiger partial charge is 0.393 e. The molecule has 0 aromatic heterocycles. The third-order valence-electron chi connectivity index (χ3n) is 12.7. The third-order valence-corrected chi connectivity index (χ3v) is 12.7. The van der Waals surface area contributed by atoms with E-state index in [9.17, 15) is 10.2 Å². The van der Waals surface area contributed by atoms with Crippen LogP contribution in [0.5, 0.6) is 0 Å². The lowest BCUT2D eigenvalue weighted by atomic mass is 9.43. The standard InChI is InChI=1S/C32H60NO2/c1-7-17-33(18-8-2,19-9-3)20-15-23(4)27-12-13-28-26-11-10-24-21-25(34)14-16-31(24,5)29(26)22-30(35)32(27,28)6/h23-30,34-35H,7-22H2,1-6H3/q+1/t23-,24-,25-,26+,27-,28+,29+,30+,31+,32-/m1/s1. The Hall–Kier alpha value is -0.120. The van der Waals surface area contributed by atoms with Crippen molar-refractivity contribution in [2.24, 2.45) is 46.3 Å². The van der Waals surface area contributed by atoms with Gasteiger partial charge in [0.2, 0.25) is 0 Å². The Balaban J connectivity index is 1.49. The second kappa shape index (κ2) is 10.9. The van der Waals surface area contributed by atoms with E-state index in [0.717, 1.165) is 25.2 Å². The molecule has 3 nitrogen and oxygen atoms in total. The summed E-state index contributed by atoms with van der Waals surface area (Å²) in [5, 5.41) is 22.2. The van der Waals surface area contributed by atoms with Crippen LogP contribution in [0.15, 0.2) is 0 Å². The SMILES string of the molecule is CCC[N+](CCC)(CCC)CC[C@@H](C)[C@H]1CC[C@H]2[C@@H]3CC[C@@H]4C[C@H](O)CC[C@]4(C)[C@H]3C[C@H](O)[C@]12C. The first-order valence-electron chi connectivity index (χ1n) is 15.9. The molecule has 0 radical (unpaired) electrons. The van der Waals surface area contributed by atoms with Crippen molar-refractivity contribution in [2.75, 3.05) is 26.2 Å².